The van der Waals surface area contributed by atoms with Crippen molar-refractivity contribution in [3.63, 3.8) is 0 Å². The van der Waals surface area contributed by atoms with Crippen molar-refractivity contribution in [3.05, 3.63) is 29.8 Å². The Hall–Kier alpha value is -0.670. The average molecular weight is 236 g/mol. The number of nitrogens with one attached hydrogen (secondary N) is 1. The Labute approximate surface area is 102 Å². The minimum atomic E-state index is 0.958. The number of thioether (sulfide) groups is 1. The summed E-state index contributed by atoms with van der Waals surface area (Å²) in [6, 6.07) is 8.75. The number of para-hydroxylation sites is 1. The summed E-state index contributed by atoms with van der Waals surface area (Å²) >= 11 is 2.08. The number of anilines is 1. The molecule has 0 unspecified atom stereocenters. The number of hydrogen-bond donors (Lipinski definition) is 1. The van der Waals surface area contributed by atoms with Crippen molar-refractivity contribution in [1.29, 1.82) is 0 Å². The molecule has 1 heterocycles. The minimum Gasteiger partial charge on any atom is -0.370 e. The molecule has 0 saturated carbocycles. The van der Waals surface area contributed by atoms with Crippen LogP contribution in [0.4, 0.5) is 5.69 Å². The summed E-state index contributed by atoms with van der Waals surface area (Å²) in [6.45, 7) is 3.35. The number of rotatable bonds is 3. The first kappa shape index (κ1) is 11.8. The number of benzene rings is 1. The summed E-state index contributed by atoms with van der Waals surface area (Å²) in [4.78, 5) is 2.53. The summed E-state index contributed by atoms with van der Waals surface area (Å²) < 4.78 is 0. The van der Waals surface area contributed by atoms with E-state index >= 15 is 0 Å². The minimum absolute atomic E-state index is 0.958. The van der Waals surface area contributed by atoms with Gasteiger partial charge in [0.25, 0.3) is 0 Å². The van der Waals surface area contributed by atoms with Crippen LogP contribution in [-0.2, 0) is 6.54 Å². The molecule has 0 amide bonds. The Balaban J connectivity index is 2.16. The molecule has 0 aliphatic carbocycles. The molecular formula is C13H20N2S. The van der Waals surface area contributed by atoms with Crippen molar-refractivity contribution >= 4 is 17.4 Å². The maximum atomic E-state index is 3.25. The molecule has 1 aromatic carbocycles. The van der Waals surface area contributed by atoms with Gasteiger partial charge in [0.15, 0.2) is 0 Å². The van der Waals surface area contributed by atoms with Crippen molar-refractivity contribution in [2.75, 3.05) is 36.5 Å². The predicted molar refractivity (Wildman–Crippen MR) is 73.4 cm³/mol. The molecule has 1 N–H and O–H groups in total. The average Bonchev–Trinajstić information content (AvgIpc) is 2.59. The largest absolute Gasteiger partial charge is 0.370 e. The summed E-state index contributed by atoms with van der Waals surface area (Å²) in [7, 11) is 2.01. The molecule has 3 heteroatoms. The zero-order valence-electron chi connectivity index (χ0n) is 9.91. The molecule has 0 aromatic heterocycles. The zero-order chi connectivity index (χ0) is 11.2. The first-order valence-corrected chi connectivity index (χ1v) is 7.12. The predicted octanol–water partition coefficient (Wildman–Crippen LogP) is 2.35. The molecule has 0 spiro atoms. The Kier molecular flexibility index (Phi) is 4.55. The van der Waals surface area contributed by atoms with Crippen LogP contribution in [0.5, 0.6) is 0 Å². The van der Waals surface area contributed by atoms with Crippen LogP contribution >= 0.6 is 11.8 Å². The number of hydrogen-bond acceptors (Lipinski definition) is 3. The van der Waals surface area contributed by atoms with Gasteiger partial charge < -0.3 is 10.2 Å². The zero-order valence-corrected chi connectivity index (χ0v) is 10.7. The van der Waals surface area contributed by atoms with Gasteiger partial charge in [-0.25, -0.2) is 0 Å². The van der Waals surface area contributed by atoms with E-state index in [1.807, 2.05) is 7.05 Å². The van der Waals surface area contributed by atoms with Gasteiger partial charge >= 0.3 is 0 Å². The van der Waals surface area contributed by atoms with Crippen molar-refractivity contribution in [1.82, 2.24) is 5.32 Å². The van der Waals surface area contributed by atoms with E-state index in [2.05, 4.69) is 46.2 Å². The van der Waals surface area contributed by atoms with E-state index in [0.717, 1.165) is 6.54 Å². The van der Waals surface area contributed by atoms with Crippen LogP contribution in [0.15, 0.2) is 24.3 Å². The van der Waals surface area contributed by atoms with Gasteiger partial charge in [-0.05, 0) is 30.9 Å². The van der Waals surface area contributed by atoms with Gasteiger partial charge in [0.05, 0.1) is 0 Å². The van der Waals surface area contributed by atoms with Gasteiger partial charge in [0.2, 0.25) is 0 Å². The van der Waals surface area contributed by atoms with E-state index in [4.69, 9.17) is 0 Å². The van der Waals surface area contributed by atoms with Gasteiger partial charge in [-0.15, -0.1) is 0 Å². The lowest BCUT2D eigenvalue weighted by atomic mass is 10.1. The monoisotopic (exact) mass is 236 g/mol. The fourth-order valence-electron chi connectivity index (χ4n) is 2.15. The lowest BCUT2D eigenvalue weighted by molar-refractivity contribution is 0.780. The standard InChI is InChI=1S/C13H20N2S/c1-14-11-12-5-2-3-6-13(12)15-7-4-9-16-10-8-15/h2-3,5-6,14H,4,7-11H2,1H3. The summed E-state index contributed by atoms with van der Waals surface area (Å²) in [5.74, 6) is 2.57. The second kappa shape index (κ2) is 6.16. The molecule has 88 valence electrons. The highest BCUT2D eigenvalue weighted by Crippen LogP contribution is 2.23. The van der Waals surface area contributed by atoms with Crippen molar-refractivity contribution in [2.45, 2.75) is 13.0 Å². The van der Waals surface area contributed by atoms with Crippen molar-refractivity contribution < 1.29 is 0 Å². The molecule has 1 fully saturated rings. The van der Waals surface area contributed by atoms with E-state index in [-0.39, 0.29) is 0 Å². The third-order valence-corrected chi connectivity index (χ3v) is 3.97. The maximum Gasteiger partial charge on any atom is 0.0412 e. The molecule has 1 aromatic rings. The Morgan fingerprint density at radius 2 is 2.12 bits per heavy atom. The maximum absolute atomic E-state index is 3.25. The van der Waals surface area contributed by atoms with E-state index in [0.29, 0.717) is 0 Å². The molecule has 2 nitrogen and oxygen atoms in total. The SMILES string of the molecule is CNCc1ccccc1N1CCCSCC1. The van der Waals surface area contributed by atoms with E-state index < -0.39 is 0 Å². The summed E-state index contributed by atoms with van der Waals surface area (Å²) in [6.07, 6.45) is 1.30. The highest BCUT2D eigenvalue weighted by Gasteiger charge is 2.12. The van der Waals surface area contributed by atoms with E-state index in [1.165, 1.54) is 42.3 Å². The van der Waals surface area contributed by atoms with Crippen LogP contribution < -0.4 is 10.2 Å². The molecule has 1 saturated heterocycles. The molecular weight excluding hydrogens is 216 g/mol. The lowest BCUT2D eigenvalue weighted by Gasteiger charge is -2.25. The molecule has 0 atom stereocenters. The van der Waals surface area contributed by atoms with Crippen molar-refractivity contribution in [2.24, 2.45) is 0 Å². The molecule has 1 aliphatic heterocycles. The molecule has 16 heavy (non-hydrogen) atoms. The lowest BCUT2D eigenvalue weighted by Crippen LogP contribution is -2.27. The third kappa shape index (κ3) is 2.92. The van der Waals surface area contributed by atoms with Gasteiger partial charge in [-0.3, -0.25) is 0 Å². The molecule has 2 rings (SSSR count). The molecule has 0 radical (unpaired) electrons. The number of nitrogens with zero attached hydrogens (tertiary/aromatic N) is 1. The van der Waals surface area contributed by atoms with E-state index in [9.17, 15) is 0 Å². The van der Waals surface area contributed by atoms with Crippen molar-refractivity contribution in [3.8, 4) is 0 Å². The second-order valence-corrected chi connectivity index (χ2v) is 5.34. The molecule has 0 bridgehead atoms. The van der Waals surface area contributed by atoms with Gasteiger partial charge in [-0.2, -0.15) is 11.8 Å². The fraction of sp³-hybridized carbons (Fsp3) is 0.538. The Morgan fingerprint density at radius 1 is 1.25 bits per heavy atom. The van der Waals surface area contributed by atoms with Gasteiger partial charge in [0.1, 0.15) is 0 Å². The van der Waals surface area contributed by atoms with Crippen LogP contribution in [0.3, 0.4) is 0 Å². The molecule has 1 aliphatic rings. The quantitative estimate of drug-likeness (QED) is 0.867. The highest BCUT2D eigenvalue weighted by atomic mass is 32.2. The summed E-state index contributed by atoms with van der Waals surface area (Å²) in [5.41, 5.74) is 2.83. The Morgan fingerprint density at radius 3 is 3.00 bits per heavy atom. The first-order chi connectivity index (χ1) is 7.92. The second-order valence-electron chi connectivity index (χ2n) is 4.11. The third-order valence-electron chi connectivity index (χ3n) is 2.92. The van der Waals surface area contributed by atoms with Crippen LogP contribution in [0.2, 0.25) is 0 Å². The van der Waals surface area contributed by atoms with Gasteiger partial charge in [0, 0.05) is 31.1 Å². The smallest absolute Gasteiger partial charge is 0.0412 e. The first-order valence-electron chi connectivity index (χ1n) is 5.97. The fourth-order valence-corrected chi connectivity index (χ4v) is 3.03. The summed E-state index contributed by atoms with van der Waals surface area (Å²) in [5, 5.41) is 3.25. The highest BCUT2D eigenvalue weighted by molar-refractivity contribution is 7.99. The topological polar surface area (TPSA) is 15.3 Å². The normalized spacial score (nSPS) is 17.2. The van der Waals surface area contributed by atoms with Crippen LogP contribution in [-0.4, -0.2) is 31.6 Å². The van der Waals surface area contributed by atoms with Crippen LogP contribution in [0.1, 0.15) is 12.0 Å². The Bertz CT molecular complexity index is 319. The van der Waals surface area contributed by atoms with Gasteiger partial charge in [-0.1, -0.05) is 18.2 Å². The van der Waals surface area contributed by atoms with Crippen LogP contribution in [0, 0.1) is 0 Å². The van der Waals surface area contributed by atoms with E-state index in [1.54, 1.807) is 0 Å². The van der Waals surface area contributed by atoms with Crippen LogP contribution in [0.25, 0.3) is 0 Å².